The van der Waals surface area contributed by atoms with Gasteiger partial charge in [0.1, 0.15) is 0 Å². The Hall–Kier alpha value is -1.89. The van der Waals surface area contributed by atoms with E-state index in [4.69, 9.17) is 5.11 Å². The summed E-state index contributed by atoms with van der Waals surface area (Å²) in [5.41, 5.74) is 0.973. The van der Waals surface area contributed by atoms with E-state index >= 15 is 0 Å². The fraction of sp³-hybridized carbons (Fsp3) is 0.500. The highest BCUT2D eigenvalue weighted by atomic mass is 32.2. The average molecular weight is 339 g/mol. The minimum atomic E-state index is -3.48. The third-order valence-electron chi connectivity index (χ3n) is 4.16. The number of nitrogens with zero attached hydrogens (tertiary/aromatic N) is 1. The molecule has 0 aromatic heterocycles. The molecular weight excluding hydrogens is 318 g/mol. The number of hydrogen-bond donors (Lipinski definition) is 1. The van der Waals surface area contributed by atoms with Gasteiger partial charge in [-0.25, -0.2) is 8.42 Å². The van der Waals surface area contributed by atoms with Gasteiger partial charge >= 0.3 is 5.97 Å². The molecule has 126 valence electrons. The molecule has 0 atom stereocenters. The molecule has 23 heavy (non-hydrogen) atoms. The maximum atomic E-state index is 12.2. The molecular formula is C16H21NO5S. The van der Waals surface area contributed by atoms with Crippen molar-refractivity contribution in [1.29, 1.82) is 0 Å². The lowest BCUT2D eigenvalue weighted by molar-refractivity contribution is -0.145. The van der Waals surface area contributed by atoms with E-state index in [1.807, 2.05) is 6.92 Å². The van der Waals surface area contributed by atoms with E-state index in [9.17, 15) is 18.0 Å². The van der Waals surface area contributed by atoms with Crippen molar-refractivity contribution in [3.05, 3.63) is 29.8 Å². The van der Waals surface area contributed by atoms with E-state index in [0.29, 0.717) is 25.9 Å². The fourth-order valence-electron chi connectivity index (χ4n) is 2.62. The Balaban J connectivity index is 1.89. The number of aliphatic carboxylic acids is 1. The smallest absolute Gasteiger partial charge is 0.306 e. The summed E-state index contributed by atoms with van der Waals surface area (Å²) in [6, 6.07) is 6.55. The fourth-order valence-corrected chi connectivity index (χ4v) is 3.85. The summed E-state index contributed by atoms with van der Waals surface area (Å²) in [5.74, 6) is -1.70. The standard InChI is InChI=1S/C16H21NO5S/c1-12-2-4-14(5-3-12)23(21,22)11-8-15(18)17-9-6-13(7-10-17)16(19)20/h2-5,13H,6-11H2,1H3,(H,19,20). The van der Waals surface area contributed by atoms with Crippen LogP contribution < -0.4 is 0 Å². The number of carboxylic acids is 1. The van der Waals surface area contributed by atoms with Crippen LogP contribution in [0.4, 0.5) is 0 Å². The molecule has 0 aliphatic carbocycles. The van der Waals surface area contributed by atoms with Crippen molar-refractivity contribution in [2.24, 2.45) is 5.92 Å². The third kappa shape index (κ3) is 4.54. The molecule has 1 aliphatic heterocycles. The van der Waals surface area contributed by atoms with E-state index in [1.165, 1.54) is 0 Å². The molecule has 0 bridgehead atoms. The number of carbonyl (C=O) groups is 2. The number of carboxylic acid groups (broad SMARTS) is 1. The van der Waals surface area contributed by atoms with Gasteiger partial charge in [0.25, 0.3) is 0 Å². The molecule has 1 heterocycles. The third-order valence-corrected chi connectivity index (χ3v) is 5.89. The van der Waals surface area contributed by atoms with Crippen LogP contribution in [-0.4, -0.2) is 49.1 Å². The lowest BCUT2D eigenvalue weighted by Gasteiger charge is -2.30. The highest BCUT2D eigenvalue weighted by Gasteiger charge is 2.27. The minimum Gasteiger partial charge on any atom is -0.481 e. The molecule has 6 nitrogen and oxygen atoms in total. The van der Waals surface area contributed by atoms with Crippen LogP contribution in [0.3, 0.4) is 0 Å². The van der Waals surface area contributed by atoms with Crippen LogP contribution in [0.15, 0.2) is 29.2 Å². The number of aryl methyl sites for hydroxylation is 1. The molecule has 7 heteroatoms. The second-order valence-electron chi connectivity index (χ2n) is 5.88. The van der Waals surface area contributed by atoms with Crippen LogP contribution in [0.5, 0.6) is 0 Å². The topological polar surface area (TPSA) is 91.8 Å². The van der Waals surface area contributed by atoms with Gasteiger partial charge in [0.15, 0.2) is 9.84 Å². The molecule has 0 radical (unpaired) electrons. The van der Waals surface area contributed by atoms with Crippen molar-refractivity contribution >= 4 is 21.7 Å². The molecule has 0 unspecified atom stereocenters. The number of carbonyl (C=O) groups excluding carboxylic acids is 1. The number of sulfone groups is 1. The number of rotatable bonds is 5. The molecule has 1 saturated heterocycles. The van der Waals surface area contributed by atoms with Crippen molar-refractivity contribution in [3.63, 3.8) is 0 Å². The van der Waals surface area contributed by atoms with Gasteiger partial charge in [0.05, 0.1) is 16.6 Å². The van der Waals surface area contributed by atoms with Crippen LogP contribution in [0.2, 0.25) is 0 Å². The molecule has 0 saturated carbocycles. The highest BCUT2D eigenvalue weighted by Crippen LogP contribution is 2.19. The largest absolute Gasteiger partial charge is 0.481 e. The summed E-state index contributed by atoms with van der Waals surface area (Å²) in [6.45, 7) is 2.63. The van der Waals surface area contributed by atoms with Crippen LogP contribution >= 0.6 is 0 Å². The lowest BCUT2D eigenvalue weighted by atomic mass is 9.97. The Kier molecular flexibility index (Phi) is 5.41. The predicted molar refractivity (Wildman–Crippen MR) is 84.8 cm³/mol. The van der Waals surface area contributed by atoms with Crippen LogP contribution in [-0.2, 0) is 19.4 Å². The first kappa shape index (κ1) is 17.5. The Morgan fingerprint density at radius 1 is 1.17 bits per heavy atom. The van der Waals surface area contributed by atoms with Gasteiger partial charge in [-0.2, -0.15) is 0 Å². The molecule has 1 aromatic carbocycles. The first-order valence-electron chi connectivity index (χ1n) is 7.59. The van der Waals surface area contributed by atoms with Crippen LogP contribution in [0, 0.1) is 12.8 Å². The van der Waals surface area contributed by atoms with Gasteiger partial charge in [-0.1, -0.05) is 17.7 Å². The van der Waals surface area contributed by atoms with Crippen LogP contribution in [0.1, 0.15) is 24.8 Å². The summed E-state index contributed by atoms with van der Waals surface area (Å²) in [4.78, 5) is 24.8. The predicted octanol–water partition coefficient (Wildman–Crippen LogP) is 1.48. The van der Waals surface area contributed by atoms with E-state index in [0.717, 1.165) is 5.56 Å². The lowest BCUT2D eigenvalue weighted by Crippen LogP contribution is -2.40. The van der Waals surface area contributed by atoms with E-state index in [-0.39, 0.29) is 23.0 Å². The Morgan fingerprint density at radius 2 is 1.74 bits per heavy atom. The number of benzene rings is 1. The van der Waals surface area contributed by atoms with Crippen molar-refractivity contribution < 1.29 is 23.1 Å². The molecule has 1 amide bonds. The van der Waals surface area contributed by atoms with Crippen LogP contribution in [0.25, 0.3) is 0 Å². The van der Waals surface area contributed by atoms with Gasteiger partial charge in [0.2, 0.25) is 5.91 Å². The normalized spacial score (nSPS) is 16.3. The quantitative estimate of drug-likeness (QED) is 0.877. The number of hydrogen-bond acceptors (Lipinski definition) is 4. The molecule has 1 aliphatic rings. The molecule has 1 N–H and O–H groups in total. The molecule has 1 fully saturated rings. The van der Waals surface area contributed by atoms with Gasteiger partial charge in [0, 0.05) is 19.5 Å². The summed E-state index contributed by atoms with van der Waals surface area (Å²) >= 11 is 0. The van der Waals surface area contributed by atoms with Gasteiger partial charge in [-0.3, -0.25) is 9.59 Å². The zero-order valence-electron chi connectivity index (χ0n) is 13.1. The Labute approximate surface area is 136 Å². The van der Waals surface area contributed by atoms with Gasteiger partial charge < -0.3 is 10.0 Å². The first-order valence-corrected chi connectivity index (χ1v) is 9.25. The van der Waals surface area contributed by atoms with Gasteiger partial charge in [-0.05, 0) is 31.9 Å². The summed E-state index contributed by atoms with van der Waals surface area (Å²) in [6.07, 6.45) is 0.769. The molecule has 2 rings (SSSR count). The van der Waals surface area contributed by atoms with Crippen molar-refractivity contribution in [3.8, 4) is 0 Å². The van der Waals surface area contributed by atoms with E-state index in [1.54, 1.807) is 29.2 Å². The molecule has 0 spiro atoms. The van der Waals surface area contributed by atoms with Crippen molar-refractivity contribution in [1.82, 2.24) is 4.90 Å². The maximum absolute atomic E-state index is 12.2. The Morgan fingerprint density at radius 3 is 2.26 bits per heavy atom. The average Bonchev–Trinajstić information content (AvgIpc) is 2.53. The maximum Gasteiger partial charge on any atom is 0.306 e. The van der Waals surface area contributed by atoms with Gasteiger partial charge in [-0.15, -0.1) is 0 Å². The summed E-state index contributed by atoms with van der Waals surface area (Å²) in [5, 5.41) is 8.94. The zero-order valence-corrected chi connectivity index (χ0v) is 13.9. The number of piperidine rings is 1. The summed E-state index contributed by atoms with van der Waals surface area (Å²) < 4.78 is 24.4. The highest BCUT2D eigenvalue weighted by molar-refractivity contribution is 7.91. The van der Waals surface area contributed by atoms with Crippen molar-refractivity contribution in [2.75, 3.05) is 18.8 Å². The first-order chi connectivity index (χ1) is 10.8. The van der Waals surface area contributed by atoms with Crippen molar-refractivity contribution in [2.45, 2.75) is 31.1 Å². The number of likely N-dealkylation sites (tertiary alicyclic amines) is 1. The monoisotopic (exact) mass is 339 g/mol. The number of amides is 1. The Bertz CT molecular complexity index is 673. The minimum absolute atomic E-state index is 0.0754. The second-order valence-corrected chi connectivity index (χ2v) is 7.98. The SMILES string of the molecule is Cc1ccc(S(=O)(=O)CCC(=O)N2CCC(C(=O)O)CC2)cc1. The van der Waals surface area contributed by atoms with E-state index < -0.39 is 21.7 Å². The van der Waals surface area contributed by atoms with E-state index in [2.05, 4.69) is 0 Å². The summed E-state index contributed by atoms with van der Waals surface area (Å²) in [7, 11) is -3.48. The zero-order chi connectivity index (χ0) is 17.0. The molecule has 1 aromatic rings. The second kappa shape index (κ2) is 7.12.